The normalized spacial score (nSPS) is 11.6. The maximum atomic E-state index is 12.3. The SMILES string of the molecule is CCN(CC)C(=O)c1cc(NCC(C)(C)C(C)C)ccn1. The van der Waals surface area contributed by atoms with Gasteiger partial charge in [-0.1, -0.05) is 27.7 Å². The second-order valence-corrected chi connectivity index (χ2v) is 6.40. The van der Waals surface area contributed by atoms with Crippen LogP contribution in [0.2, 0.25) is 0 Å². The first kappa shape index (κ1) is 17.5. The molecule has 0 aromatic carbocycles. The van der Waals surface area contributed by atoms with Crippen LogP contribution in [-0.4, -0.2) is 35.4 Å². The first-order chi connectivity index (χ1) is 9.81. The van der Waals surface area contributed by atoms with Crippen molar-refractivity contribution in [2.45, 2.75) is 41.5 Å². The largest absolute Gasteiger partial charge is 0.384 e. The molecule has 0 aliphatic carbocycles. The molecule has 1 heterocycles. The number of nitrogens with zero attached hydrogens (tertiary/aromatic N) is 2. The van der Waals surface area contributed by atoms with Gasteiger partial charge in [0.15, 0.2) is 0 Å². The smallest absolute Gasteiger partial charge is 0.272 e. The lowest BCUT2D eigenvalue weighted by molar-refractivity contribution is 0.0767. The molecule has 0 fully saturated rings. The van der Waals surface area contributed by atoms with E-state index in [2.05, 4.69) is 38.0 Å². The maximum Gasteiger partial charge on any atom is 0.272 e. The van der Waals surface area contributed by atoms with Gasteiger partial charge < -0.3 is 10.2 Å². The highest BCUT2D eigenvalue weighted by Crippen LogP contribution is 2.26. The Kier molecular flexibility index (Phi) is 6.19. The van der Waals surface area contributed by atoms with E-state index in [0.717, 1.165) is 12.2 Å². The zero-order valence-electron chi connectivity index (χ0n) is 14.2. The third-order valence-electron chi connectivity index (χ3n) is 4.34. The molecule has 0 saturated carbocycles. The zero-order valence-corrected chi connectivity index (χ0v) is 14.2. The highest BCUT2D eigenvalue weighted by molar-refractivity contribution is 5.93. The fourth-order valence-corrected chi connectivity index (χ4v) is 1.86. The number of hydrogen-bond donors (Lipinski definition) is 1. The summed E-state index contributed by atoms with van der Waals surface area (Å²) in [4.78, 5) is 18.3. The minimum absolute atomic E-state index is 0.00762. The summed E-state index contributed by atoms with van der Waals surface area (Å²) in [6, 6.07) is 3.76. The van der Waals surface area contributed by atoms with E-state index in [1.54, 1.807) is 11.1 Å². The van der Waals surface area contributed by atoms with Crippen molar-refractivity contribution in [2.75, 3.05) is 25.0 Å². The predicted molar refractivity (Wildman–Crippen MR) is 88.6 cm³/mol. The molecule has 0 aliphatic rings. The van der Waals surface area contributed by atoms with Gasteiger partial charge in [0, 0.05) is 31.5 Å². The molecule has 0 aliphatic heterocycles. The third kappa shape index (κ3) is 4.73. The Morgan fingerprint density at radius 2 is 1.95 bits per heavy atom. The number of carbonyl (C=O) groups excluding carboxylic acids is 1. The Morgan fingerprint density at radius 3 is 2.48 bits per heavy atom. The lowest BCUT2D eigenvalue weighted by Gasteiger charge is -2.30. The zero-order chi connectivity index (χ0) is 16.0. The molecule has 0 spiro atoms. The molecule has 4 nitrogen and oxygen atoms in total. The quantitative estimate of drug-likeness (QED) is 0.834. The van der Waals surface area contributed by atoms with Crippen molar-refractivity contribution in [2.24, 2.45) is 11.3 Å². The average Bonchev–Trinajstić information content (AvgIpc) is 2.46. The standard InChI is InChI=1S/C17H29N3O/c1-7-20(8-2)16(21)15-11-14(9-10-18-15)19-12-17(5,6)13(3)4/h9-11,13H,7-8,12H2,1-6H3,(H,18,19). The van der Waals surface area contributed by atoms with Crippen LogP contribution in [0.5, 0.6) is 0 Å². The third-order valence-corrected chi connectivity index (χ3v) is 4.34. The summed E-state index contributed by atoms with van der Waals surface area (Å²) in [5.74, 6) is 0.579. The van der Waals surface area contributed by atoms with Crippen molar-refractivity contribution in [1.29, 1.82) is 0 Å². The number of carbonyl (C=O) groups is 1. The van der Waals surface area contributed by atoms with Crippen molar-refractivity contribution in [3.05, 3.63) is 24.0 Å². The molecule has 0 atom stereocenters. The van der Waals surface area contributed by atoms with Crippen molar-refractivity contribution in [3.63, 3.8) is 0 Å². The van der Waals surface area contributed by atoms with E-state index in [9.17, 15) is 4.79 Å². The van der Waals surface area contributed by atoms with Crippen LogP contribution in [0.25, 0.3) is 0 Å². The number of hydrogen-bond acceptors (Lipinski definition) is 3. The van der Waals surface area contributed by atoms with E-state index < -0.39 is 0 Å². The molecule has 1 aromatic rings. The van der Waals surface area contributed by atoms with Crippen LogP contribution in [0.15, 0.2) is 18.3 Å². The highest BCUT2D eigenvalue weighted by Gasteiger charge is 2.22. The van der Waals surface area contributed by atoms with E-state index in [0.29, 0.717) is 24.7 Å². The molecule has 118 valence electrons. The Balaban J connectivity index is 2.79. The molecular formula is C17H29N3O. The van der Waals surface area contributed by atoms with Crippen LogP contribution >= 0.6 is 0 Å². The molecule has 1 amide bonds. The second-order valence-electron chi connectivity index (χ2n) is 6.40. The number of nitrogens with one attached hydrogen (secondary N) is 1. The molecule has 0 unspecified atom stereocenters. The lowest BCUT2D eigenvalue weighted by Crippen LogP contribution is -2.31. The molecule has 1 N–H and O–H groups in total. The van der Waals surface area contributed by atoms with E-state index >= 15 is 0 Å². The molecule has 1 rings (SSSR count). The van der Waals surface area contributed by atoms with Crippen LogP contribution in [0, 0.1) is 11.3 Å². The average molecular weight is 291 g/mol. The van der Waals surface area contributed by atoms with Gasteiger partial charge in [-0.25, -0.2) is 0 Å². The van der Waals surface area contributed by atoms with Gasteiger partial charge in [0.1, 0.15) is 5.69 Å². The van der Waals surface area contributed by atoms with Gasteiger partial charge in [-0.05, 0) is 37.3 Å². The molecular weight excluding hydrogens is 262 g/mol. The summed E-state index contributed by atoms with van der Waals surface area (Å²) >= 11 is 0. The van der Waals surface area contributed by atoms with Crippen molar-refractivity contribution < 1.29 is 4.79 Å². The minimum atomic E-state index is -0.00762. The van der Waals surface area contributed by atoms with Gasteiger partial charge in [0.25, 0.3) is 5.91 Å². The Hall–Kier alpha value is -1.58. The number of anilines is 1. The highest BCUT2D eigenvalue weighted by atomic mass is 16.2. The summed E-state index contributed by atoms with van der Waals surface area (Å²) in [5.41, 5.74) is 1.66. The summed E-state index contributed by atoms with van der Waals surface area (Å²) in [5, 5.41) is 3.43. The van der Waals surface area contributed by atoms with E-state index in [-0.39, 0.29) is 11.3 Å². The van der Waals surface area contributed by atoms with Crippen LogP contribution in [0.3, 0.4) is 0 Å². The Labute approximate surface area is 129 Å². The van der Waals surface area contributed by atoms with E-state index in [1.165, 1.54) is 0 Å². The van der Waals surface area contributed by atoms with Gasteiger partial charge in [-0.15, -0.1) is 0 Å². The number of amides is 1. The Bertz CT molecular complexity index is 465. The van der Waals surface area contributed by atoms with Gasteiger partial charge in [-0.2, -0.15) is 0 Å². The molecule has 21 heavy (non-hydrogen) atoms. The van der Waals surface area contributed by atoms with Crippen molar-refractivity contribution in [3.8, 4) is 0 Å². The summed E-state index contributed by atoms with van der Waals surface area (Å²) < 4.78 is 0. The first-order valence-corrected chi connectivity index (χ1v) is 7.81. The topological polar surface area (TPSA) is 45.2 Å². The van der Waals surface area contributed by atoms with E-state index in [4.69, 9.17) is 0 Å². The Morgan fingerprint density at radius 1 is 1.33 bits per heavy atom. The number of rotatable bonds is 7. The maximum absolute atomic E-state index is 12.3. The lowest BCUT2D eigenvalue weighted by atomic mass is 9.81. The van der Waals surface area contributed by atoms with Crippen LogP contribution in [-0.2, 0) is 0 Å². The fraction of sp³-hybridized carbons (Fsp3) is 0.647. The minimum Gasteiger partial charge on any atom is -0.384 e. The number of aromatic nitrogens is 1. The van der Waals surface area contributed by atoms with Crippen LogP contribution < -0.4 is 5.32 Å². The predicted octanol–water partition coefficient (Wildman–Crippen LogP) is 3.66. The van der Waals surface area contributed by atoms with Crippen molar-refractivity contribution >= 4 is 11.6 Å². The summed E-state index contributed by atoms with van der Waals surface area (Å²) in [6.07, 6.45) is 1.70. The van der Waals surface area contributed by atoms with E-state index in [1.807, 2.05) is 26.0 Å². The van der Waals surface area contributed by atoms with Crippen LogP contribution in [0.1, 0.15) is 52.0 Å². The molecule has 0 saturated heterocycles. The molecule has 0 radical (unpaired) electrons. The van der Waals surface area contributed by atoms with Crippen molar-refractivity contribution in [1.82, 2.24) is 9.88 Å². The summed E-state index contributed by atoms with van der Waals surface area (Å²) in [6.45, 7) is 15.2. The fourth-order valence-electron chi connectivity index (χ4n) is 1.86. The van der Waals surface area contributed by atoms with Gasteiger partial charge in [0.2, 0.25) is 0 Å². The first-order valence-electron chi connectivity index (χ1n) is 7.81. The van der Waals surface area contributed by atoms with Gasteiger partial charge in [-0.3, -0.25) is 9.78 Å². The summed E-state index contributed by atoms with van der Waals surface area (Å²) in [7, 11) is 0. The van der Waals surface area contributed by atoms with Crippen LogP contribution in [0.4, 0.5) is 5.69 Å². The monoisotopic (exact) mass is 291 g/mol. The molecule has 0 bridgehead atoms. The molecule has 4 heteroatoms. The van der Waals surface area contributed by atoms with Gasteiger partial charge in [0.05, 0.1) is 0 Å². The number of pyridine rings is 1. The molecule has 1 aromatic heterocycles. The van der Waals surface area contributed by atoms with Gasteiger partial charge >= 0.3 is 0 Å². The second kappa shape index (κ2) is 7.43.